The van der Waals surface area contributed by atoms with Crippen LogP contribution < -0.4 is 0 Å². The number of rotatable bonds is 2. The summed E-state index contributed by atoms with van der Waals surface area (Å²) in [6.45, 7) is 5.74. The van der Waals surface area contributed by atoms with E-state index in [4.69, 9.17) is 5.26 Å². The first kappa shape index (κ1) is 11.6. The number of pyridine rings is 1. The average molecular weight is 242 g/mol. The summed E-state index contributed by atoms with van der Waals surface area (Å²) in [4.78, 5) is 9.13. The van der Waals surface area contributed by atoms with Gasteiger partial charge in [-0.05, 0) is 37.1 Å². The van der Waals surface area contributed by atoms with Crippen LogP contribution in [-0.2, 0) is 6.54 Å². The second-order valence-electron chi connectivity index (χ2n) is 5.23. The summed E-state index contributed by atoms with van der Waals surface area (Å²) in [6, 6.07) is 6.78. The van der Waals surface area contributed by atoms with Gasteiger partial charge in [0.2, 0.25) is 0 Å². The van der Waals surface area contributed by atoms with E-state index in [2.05, 4.69) is 20.9 Å². The molecule has 2 aliphatic heterocycles. The molecule has 2 aliphatic rings. The second kappa shape index (κ2) is 5.05. The molecule has 4 nitrogen and oxygen atoms in total. The van der Waals surface area contributed by atoms with E-state index < -0.39 is 0 Å². The Balaban J connectivity index is 1.64. The molecule has 3 rings (SSSR count). The molecule has 4 heteroatoms. The van der Waals surface area contributed by atoms with Gasteiger partial charge >= 0.3 is 0 Å². The van der Waals surface area contributed by atoms with Gasteiger partial charge in [0.15, 0.2) is 0 Å². The zero-order chi connectivity index (χ0) is 12.4. The zero-order valence-electron chi connectivity index (χ0n) is 10.5. The van der Waals surface area contributed by atoms with Gasteiger partial charge in [0.25, 0.3) is 0 Å². The van der Waals surface area contributed by atoms with Gasteiger partial charge < -0.3 is 0 Å². The minimum atomic E-state index is 0.520. The minimum Gasteiger partial charge on any atom is -0.298 e. The quantitative estimate of drug-likeness (QED) is 0.782. The summed E-state index contributed by atoms with van der Waals surface area (Å²) in [6.07, 6.45) is 4.43. The minimum absolute atomic E-state index is 0.520. The third kappa shape index (κ3) is 2.38. The summed E-state index contributed by atoms with van der Waals surface area (Å²) in [5, 5.41) is 8.86. The number of aromatic nitrogens is 1. The maximum atomic E-state index is 8.86. The monoisotopic (exact) mass is 242 g/mol. The van der Waals surface area contributed by atoms with Crippen LogP contribution in [0.3, 0.4) is 0 Å². The fourth-order valence-electron chi connectivity index (χ4n) is 3.09. The maximum Gasteiger partial charge on any atom is 0.140 e. The van der Waals surface area contributed by atoms with Gasteiger partial charge in [0.1, 0.15) is 11.8 Å². The molecule has 3 heterocycles. The molecule has 0 N–H and O–H groups in total. The van der Waals surface area contributed by atoms with E-state index in [1.807, 2.05) is 12.1 Å². The number of hydrogen-bond acceptors (Lipinski definition) is 4. The highest BCUT2D eigenvalue weighted by molar-refractivity contribution is 5.25. The van der Waals surface area contributed by atoms with Gasteiger partial charge in [-0.2, -0.15) is 5.26 Å². The third-order valence-corrected chi connectivity index (χ3v) is 4.02. The smallest absolute Gasteiger partial charge is 0.140 e. The molecule has 2 saturated heterocycles. The van der Waals surface area contributed by atoms with Crippen molar-refractivity contribution in [2.24, 2.45) is 0 Å². The Hall–Kier alpha value is -1.44. The van der Waals surface area contributed by atoms with Crippen molar-refractivity contribution in [1.82, 2.24) is 14.8 Å². The average Bonchev–Trinajstić information content (AvgIpc) is 2.86. The predicted molar refractivity (Wildman–Crippen MR) is 68.8 cm³/mol. The second-order valence-corrected chi connectivity index (χ2v) is 5.23. The van der Waals surface area contributed by atoms with Crippen molar-refractivity contribution in [1.29, 1.82) is 5.26 Å². The Kier molecular flexibility index (Phi) is 3.26. The van der Waals surface area contributed by atoms with Crippen LogP contribution in [0.15, 0.2) is 18.3 Å². The molecule has 1 unspecified atom stereocenters. The molecule has 1 aromatic heterocycles. The molecular formula is C14H18N4. The molecule has 0 bridgehead atoms. The molecule has 2 fully saturated rings. The van der Waals surface area contributed by atoms with Crippen molar-refractivity contribution in [2.45, 2.75) is 25.4 Å². The SMILES string of the molecule is N#Cc1cc(CN2CCN3CCCC3C2)ccn1. The molecular weight excluding hydrogens is 224 g/mol. The van der Waals surface area contributed by atoms with Gasteiger partial charge in [-0.15, -0.1) is 0 Å². The summed E-state index contributed by atoms with van der Waals surface area (Å²) in [5.41, 5.74) is 1.72. The highest BCUT2D eigenvalue weighted by Gasteiger charge is 2.30. The molecule has 0 aromatic carbocycles. The van der Waals surface area contributed by atoms with Crippen molar-refractivity contribution in [2.75, 3.05) is 26.2 Å². The Bertz CT molecular complexity index is 465. The molecule has 1 atom stereocenters. The Morgan fingerprint density at radius 2 is 2.33 bits per heavy atom. The summed E-state index contributed by atoms with van der Waals surface area (Å²) in [5.74, 6) is 0. The zero-order valence-corrected chi connectivity index (χ0v) is 10.5. The van der Waals surface area contributed by atoms with Crippen molar-refractivity contribution in [3.05, 3.63) is 29.6 Å². The fraction of sp³-hybridized carbons (Fsp3) is 0.571. The number of hydrogen-bond donors (Lipinski definition) is 0. The van der Waals surface area contributed by atoms with Crippen molar-refractivity contribution in [3.63, 3.8) is 0 Å². The van der Waals surface area contributed by atoms with Crippen molar-refractivity contribution >= 4 is 0 Å². The lowest BCUT2D eigenvalue weighted by Gasteiger charge is -2.37. The normalized spacial score (nSPS) is 24.7. The van der Waals surface area contributed by atoms with Crippen LogP contribution in [0, 0.1) is 11.3 Å². The highest BCUT2D eigenvalue weighted by Crippen LogP contribution is 2.22. The molecule has 94 valence electrons. The Labute approximate surface area is 108 Å². The van der Waals surface area contributed by atoms with Gasteiger partial charge in [0, 0.05) is 38.4 Å². The van der Waals surface area contributed by atoms with E-state index in [9.17, 15) is 0 Å². The molecule has 18 heavy (non-hydrogen) atoms. The first-order valence-electron chi connectivity index (χ1n) is 6.66. The van der Waals surface area contributed by atoms with Gasteiger partial charge in [0.05, 0.1) is 0 Å². The van der Waals surface area contributed by atoms with Crippen LogP contribution >= 0.6 is 0 Å². The molecule has 0 radical (unpaired) electrons. The van der Waals surface area contributed by atoms with E-state index in [1.165, 1.54) is 38.0 Å². The van der Waals surface area contributed by atoms with Crippen LogP contribution in [0.5, 0.6) is 0 Å². The lowest BCUT2D eigenvalue weighted by Crippen LogP contribution is -2.49. The number of nitriles is 1. The topological polar surface area (TPSA) is 43.2 Å². The van der Waals surface area contributed by atoms with E-state index >= 15 is 0 Å². The Morgan fingerprint density at radius 1 is 1.39 bits per heavy atom. The van der Waals surface area contributed by atoms with Crippen LogP contribution in [-0.4, -0.2) is 47.0 Å². The van der Waals surface area contributed by atoms with Crippen molar-refractivity contribution in [3.8, 4) is 6.07 Å². The lowest BCUT2D eigenvalue weighted by atomic mass is 10.1. The lowest BCUT2D eigenvalue weighted by molar-refractivity contribution is 0.0993. The first-order valence-corrected chi connectivity index (χ1v) is 6.66. The van der Waals surface area contributed by atoms with E-state index in [1.54, 1.807) is 6.20 Å². The summed E-state index contributed by atoms with van der Waals surface area (Å²) < 4.78 is 0. The van der Waals surface area contributed by atoms with Crippen LogP contribution in [0.1, 0.15) is 24.1 Å². The molecule has 0 aliphatic carbocycles. The van der Waals surface area contributed by atoms with Gasteiger partial charge in [-0.25, -0.2) is 4.98 Å². The van der Waals surface area contributed by atoms with Crippen LogP contribution in [0.2, 0.25) is 0 Å². The fourth-order valence-corrected chi connectivity index (χ4v) is 3.09. The molecule has 0 saturated carbocycles. The van der Waals surface area contributed by atoms with Crippen molar-refractivity contribution < 1.29 is 0 Å². The largest absolute Gasteiger partial charge is 0.298 e. The van der Waals surface area contributed by atoms with Gasteiger partial charge in [-0.3, -0.25) is 9.80 Å². The molecule has 0 amide bonds. The van der Waals surface area contributed by atoms with E-state index in [0.29, 0.717) is 5.69 Å². The maximum absolute atomic E-state index is 8.86. The van der Waals surface area contributed by atoms with E-state index in [-0.39, 0.29) is 0 Å². The summed E-state index contributed by atoms with van der Waals surface area (Å²) >= 11 is 0. The number of piperazine rings is 1. The highest BCUT2D eigenvalue weighted by atomic mass is 15.3. The molecule has 1 aromatic rings. The first-order chi connectivity index (χ1) is 8.85. The molecule has 0 spiro atoms. The summed E-state index contributed by atoms with van der Waals surface area (Å²) in [7, 11) is 0. The van der Waals surface area contributed by atoms with Gasteiger partial charge in [-0.1, -0.05) is 0 Å². The standard InChI is InChI=1S/C14H18N4/c15-9-13-8-12(3-4-16-13)10-17-6-7-18-5-1-2-14(18)11-17/h3-4,8,14H,1-2,5-7,10-11H2. The Morgan fingerprint density at radius 3 is 3.22 bits per heavy atom. The van der Waals surface area contributed by atoms with Crippen LogP contribution in [0.25, 0.3) is 0 Å². The number of nitrogens with zero attached hydrogens (tertiary/aromatic N) is 4. The predicted octanol–water partition coefficient (Wildman–Crippen LogP) is 1.23. The third-order valence-electron chi connectivity index (χ3n) is 4.02. The van der Waals surface area contributed by atoms with Crippen LogP contribution in [0.4, 0.5) is 0 Å². The number of fused-ring (bicyclic) bond motifs is 1. The van der Waals surface area contributed by atoms with E-state index in [0.717, 1.165) is 19.1 Å².